The van der Waals surface area contributed by atoms with Gasteiger partial charge in [-0.1, -0.05) is 49.5 Å². The quantitative estimate of drug-likeness (QED) is 0.813. The Bertz CT molecular complexity index is 405. The lowest BCUT2D eigenvalue weighted by Crippen LogP contribution is -2.49. The van der Waals surface area contributed by atoms with Crippen molar-refractivity contribution in [1.29, 1.82) is 0 Å². The molecule has 0 heterocycles. The largest absolute Gasteiger partial charge is 0.314 e. The van der Waals surface area contributed by atoms with Gasteiger partial charge >= 0.3 is 0 Å². The molecule has 0 spiro atoms. The van der Waals surface area contributed by atoms with Crippen molar-refractivity contribution in [2.24, 2.45) is 5.92 Å². The van der Waals surface area contributed by atoms with E-state index in [4.69, 9.17) is 23.2 Å². The summed E-state index contributed by atoms with van der Waals surface area (Å²) in [5.74, 6) is 1.30. The smallest absolute Gasteiger partial charge is 0.0455 e. The van der Waals surface area contributed by atoms with Crippen molar-refractivity contribution < 1.29 is 0 Å². The van der Waals surface area contributed by atoms with Crippen LogP contribution in [-0.2, 0) is 0 Å². The molecular formula is C15H21Cl2N. The minimum Gasteiger partial charge on any atom is -0.314 e. The Balaban J connectivity index is 2.06. The standard InChI is InChI=1S/C15H21Cl2N/c1-3-7-18-15-9-13(11(15)4-2)12-6-5-10(16)8-14(12)17/h5-6,8,11,13,15,18H,3-4,7,9H2,1-2H3. The molecule has 1 nitrogen and oxygen atoms in total. The Labute approximate surface area is 120 Å². The van der Waals surface area contributed by atoms with Gasteiger partial charge in [0.05, 0.1) is 0 Å². The molecule has 3 atom stereocenters. The van der Waals surface area contributed by atoms with Gasteiger partial charge in [0.1, 0.15) is 0 Å². The molecule has 0 aromatic heterocycles. The van der Waals surface area contributed by atoms with Crippen molar-refractivity contribution in [1.82, 2.24) is 5.32 Å². The fourth-order valence-corrected chi connectivity index (χ4v) is 3.55. The lowest BCUT2D eigenvalue weighted by Gasteiger charge is -2.45. The third-order valence-electron chi connectivity index (χ3n) is 4.03. The topological polar surface area (TPSA) is 12.0 Å². The Morgan fingerprint density at radius 1 is 1.28 bits per heavy atom. The van der Waals surface area contributed by atoms with Gasteiger partial charge < -0.3 is 5.32 Å². The zero-order valence-corrected chi connectivity index (χ0v) is 12.6. The van der Waals surface area contributed by atoms with E-state index < -0.39 is 0 Å². The van der Waals surface area contributed by atoms with E-state index in [1.807, 2.05) is 12.1 Å². The average Bonchev–Trinajstić information content (AvgIpc) is 2.31. The maximum absolute atomic E-state index is 6.31. The first-order chi connectivity index (χ1) is 8.67. The molecule has 0 saturated heterocycles. The summed E-state index contributed by atoms with van der Waals surface area (Å²) in [7, 11) is 0. The van der Waals surface area contributed by atoms with Crippen LogP contribution in [0.5, 0.6) is 0 Å². The second-order valence-corrected chi connectivity index (χ2v) is 5.98. The second-order valence-electron chi connectivity index (χ2n) is 5.14. The van der Waals surface area contributed by atoms with Crippen molar-refractivity contribution in [3.05, 3.63) is 33.8 Å². The summed E-state index contributed by atoms with van der Waals surface area (Å²) in [4.78, 5) is 0. The van der Waals surface area contributed by atoms with Gasteiger partial charge in [-0.15, -0.1) is 0 Å². The van der Waals surface area contributed by atoms with E-state index in [1.54, 1.807) is 0 Å². The number of hydrogen-bond acceptors (Lipinski definition) is 1. The first kappa shape index (κ1) is 14.2. The summed E-state index contributed by atoms with van der Waals surface area (Å²) in [6.45, 7) is 5.59. The number of halogens is 2. The first-order valence-corrected chi connectivity index (χ1v) is 7.61. The minimum absolute atomic E-state index is 0.592. The third-order valence-corrected chi connectivity index (χ3v) is 4.59. The maximum Gasteiger partial charge on any atom is 0.0455 e. The van der Waals surface area contributed by atoms with E-state index in [2.05, 4.69) is 25.2 Å². The predicted octanol–water partition coefficient (Wildman–Crippen LogP) is 4.88. The normalized spacial score (nSPS) is 27.0. The fraction of sp³-hybridized carbons (Fsp3) is 0.600. The van der Waals surface area contributed by atoms with Gasteiger partial charge in [-0.3, -0.25) is 0 Å². The summed E-state index contributed by atoms with van der Waals surface area (Å²) >= 11 is 12.3. The lowest BCUT2D eigenvalue weighted by molar-refractivity contribution is 0.161. The molecule has 1 N–H and O–H groups in total. The third kappa shape index (κ3) is 2.84. The molecule has 0 amide bonds. The summed E-state index contributed by atoms with van der Waals surface area (Å²) < 4.78 is 0. The lowest BCUT2D eigenvalue weighted by atomic mass is 9.65. The van der Waals surface area contributed by atoms with Gasteiger partial charge in [-0.05, 0) is 48.9 Å². The van der Waals surface area contributed by atoms with Gasteiger partial charge in [0.2, 0.25) is 0 Å². The molecule has 3 heteroatoms. The van der Waals surface area contributed by atoms with Crippen molar-refractivity contribution in [2.75, 3.05) is 6.54 Å². The summed E-state index contributed by atoms with van der Waals surface area (Å²) in [5, 5.41) is 5.17. The molecule has 1 fully saturated rings. The molecule has 3 unspecified atom stereocenters. The number of rotatable bonds is 5. The van der Waals surface area contributed by atoms with Crippen LogP contribution in [0.1, 0.15) is 44.6 Å². The molecule has 0 bridgehead atoms. The Morgan fingerprint density at radius 3 is 2.67 bits per heavy atom. The van der Waals surface area contributed by atoms with Gasteiger partial charge in [-0.25, -0.2) is 0 Å². The zero-order valence-electron chi connectivity index (χ0n) is 11.0. The summed E-state index contributed by atoms with van der Waals surface area (Å²) in [6.07, 6.45) is 3.59. The van der Waals surface area contributed by atoms with Gasteiger partial charge in [0.15, 0.2) is 0 Å². The summed E-state index contributed by atoms with van der Waals surface area (Å²) in [6, 6.07) is 6.56. The van der Waals surface area contributed by atoms with Crippen LogP contribution in [-0.4, -0.2) is 12.6 Å². The molecule has 1 aromatic carbocycles. The fourth-order valence-electron chi connectivity index (χ4n) is 3.00. The first-order valence-electron chi connectivity index (χ1n) is 6.85. The van der Waals surface area contributed by atoms with Crippen LogP contribution >= 0.6 is 23.2 Å². The Morgan fingerprint density at radius 2 is 2.06 bits per heavy atom. The predicted molar refractivity (Wildman–Crippen MR) is 79.7 cm³/mol. The average molecular weight is 286 g/mol. The minimum atomic E-state index is 0.592. The Kier molecular flexibility index (Phi) is 4.94. The maximum atomic E-state index is 6.31. The highest BCUT2D eigenvalue weighted by molar-refractivity contribution is 6.35. The zero-order chi connectivity index (χ0) is 13.1. The van der Waals surface area contributed by atoms with Gasteiger partial charge in [0.25, 0.3) is 0 Å². The van der Waals surface area contributed by atoms with Crippen LogP contribution in [0.25, 0.3) is 0 Å². The van der Waals surface area contributed by atoms with E-state index in [-0.39, 0.29) is 0 Å². The van der Waals surface area contributed by atoms with Crippen molar-refractivity contribution in [3.8, 4) is 0 Å². The van der Waals surface area contributed by atoms with Crippen LogP contribution in [0.15, 0.2) is 18.2 Å². The molecule has 1 aliphatic rings. The van der Waals surface area contributed by atoms with Crippen LogP contribution in [0.4, 0.5) is 0 Å². The van der Waals surface area contributed by atoms with E-state index >= 15 is 0 Å². The monoisotopic (exact) mass is 285 g/mol. The van der Waals surface area contributed by atoms with Crippen molar-refractivity contribution in [2.45, 2.75) is 45.1 Å². The molecule has 18 heavy (non-hydrogen) atoms. The second kappa shape index (κ2) is 6.27. The van der Waals surface area contributed by atoms with E-state index in [1.165, 1.54) is 24.8 Å². The summed E-state index contributed by atoms with van der Waals surface area (Å²) in [5.41, 5.74) is 1.27. The van der Waals surface area contributed by atoms with Crippen LogP contribution in [0.2, 0.25) is 10.0 Å². The van der Waals surface area contributed by atoms with Crippen LogP contribution in [0.3, 0.4) is 0 Å². The molecule has 1 aliphatic carbocycles. The number of hydrogen-bond donors (Lipinski definition) is 1. The molecule has 2 rings (SSSR count). The Hall–Kier alpha value is -0.240. The van der Waals surface area contributed by atoms with Crippen molar-refractivity contribution in [3.63, 3.8) is 0 Å². The van der Waals surface area contributed by atoms with Gasteiger partial charge in [0, 0.05) is 16.1 Å². The molecule has 1 saturated carbocycles. The molecule has 100 valence electrons. The highest BCUT2D eigenvalue weighted by Crippen LogP contribution is 2.47. The van der Waals surface area contributed by atoms with Crippen LogP contribution in [0, 0.1) is 5.92 Å². The molecule has 1 aromatic rings. The molecular weight excluding hydrogens is 265 g/mol. The highest BCUT2D eigenvalue weighted by atomic mass is 35.5. The van der Waals surface area contributed by atoms with Gasteiger partial charge in [-0.2, -0.15) is 0 Å². The van der Waals surface area contributed by atoms with Crippen molar-refractivity contribution >= 4 is 23.2 Å². The molecule has 0 aliphatic heterocycles. The molecule has 0 radical (unpaired) electrons. The van der Waals surface area contributed by atoms with E-state index in [0.29, 0.717) is 17.9 Å². The highest BCUT2D eigenvalue weighted by Gasteiger charge is 2.40. The van der Waals surface area contributed by atoms with E-state index in [9.17, 15) is 0 Å². The number of nitrogens with one attached hydrogen (secondary N) is 1. The van der Waals surface area contributed by atoms with E-state index in [0.717, 1.165) is 16.6 Å². The SMILES string of the molecule is CCCNC1CC(c2ccc(Cl)cc2Cl)C1CC. The number of benzene rings is 1. The van der Waals surface area contributed by atoms with Crippen LogP contribution < -0.4 is 5.32 Å².